The number of aliphatic carboxylic acids is 2. The van der Waals surface area contributed by atoms with Gasteiger partial charge in [0.2, 0.25) is 0 Å². The second kappa shape index (κ2) is 15.2. The first kappa shape index (κ1) is 31.9. The molecule has 3 heterocycles. The van der Waals surface area contributed by atoms with Crippen LogP contribution >= 0.6 is 11.3 Å². The molecular formula is C19H23F6N5O6S. The minimum atomic E-state index is -5.08. The standard InChI is InChI=1S/C15H21N5O2S.2C2HF3O2/c1-21-7-4-16-13-2-3-18-15(19-13)12-11-22-8-6-20(12)10-14-17-5-9-23-14;2*3-2(4,5)1(6)7/h2-3,5,9,12H,4,6-8,10-11H2,1H3,(H,16,18,19);2*(H,6,7). The summed E-state index contributed by atoms with van der Waals surface area (Å²) in [4.78, 5) is 33.6. The van der Waals surface area contributed by atoms with Gasteiger partial charge in [0.1, 0.15) is 16.6 Å². The first-order valence-electron chi connectivity index (χ1n) is 10.1. The molecule has 1 fully saturated rings. The van der Waals surface area contributed by atoms with E-state index in [-0.39, 0.29) is 6.04 Å². The van der Waals surface area contributed by atoms with Crippen molar-refractivity contribution in [2.45, 2.75) is 24.9 Å². The van der Waals surface area contributed by atoms with Gasteiger partial charge in [0.05, 0.1) is 32.4 Å². The number of nitrogens with one attached hydrogen (secondary N) is 1. The highest BCUT2D eigenvalue weighted by Crippen LogP contribution is 2.24. The largest absolute Gasteiger partial charge is 0.490 e. The van der Waals surface area contributed by atoms with Gasteiger partial charge in [0, 0.05) is 38.0 Å². The van der Waals surface area contributed by atoms with Gasteiger partial charge >= 0.3 is 24.3 Å². The Morgan fingerprint density at radius 3 is 2.30 bits per heavy atom. The number of ether oxygens (including phenoxy) is 2. The van der Waals surface area contributed by atoms with Crippen LogP contribution in [0.1, 0.15) is 16.9 Å². The van der Waals surface area contributed by atoms with Gasteiger partial charge in [-0.3, -0.25) is 4.90 Å². The van der Waals surface area contributed by atoms with Crippen LogP contribution in [0.25, 0.3) is 0 Å². The van der Waals surface area contributed by atoms with Crippen molar-refractivity contribution in [2.24, 2.45) is 0 Å². The average molecular weight is 563 g/mol. The van der Waals surface area contributed by atoms with Crippen LogP contribution in [0, 0.1) is 0 Å². The molecule has 0 amide bonds. The Hall–Kier alpha value is -3.09. The van der Waals surface area contributed by atoms with E-state index in [1.54, 1.807) is 24.6 Å². The molecule has 1 saturated heterocycles. The van der Waals surface area contributed by atoms with E-state index >= 15 is 0 Å². The molecule has 37 heavy (non-hydrogen) atoms. The fraction of sp³-hybridized carbons (Fsp3) is 0.526. The van der Waals surface area contributed by atoms with Crippen molar-refractivity contribution in [3.8, 4) is 0 Å². The lowest BCUT2D eigenvalue weighted by Crippen LogP contribution is -2.39. The summed E-state index contributed by atoms with van der Waals surface area (Å²) in [5.41, 5.74) is 0. The molecule has 0 aromatic carbocycles. The van der Waals surface area contributed by atoms with E-state index in [0.29, 0.717) is 13.2 Å². The molecule has 1 atom stereocenters. The summed E-state index contributed by atoms with van der Waals surface area (Å²) in [7, 11) is 1.68. The SMILES string of the molecule is COCCNc1ccnc(C2COCCN2Cc2nccs2)n1.O=C(O)C(F)(F)F.O=C(O)C(F)(F)F. The fourth-order valence-electron chi connectivity index (χ4n) is 2.48. The van der Waals surface area contributed by atoms with E-state index in [1.165, 1.54) is 0 Å². The zero-order valence-electron chi connectivity index (χ0n) is 19.1. The summed E-state index contributed by atoms with van der Waals surface area (Å²) >= 11 is 1.67. The maximum absolute atomic E-state index is 10.6. The predicted molar refractivity (Wildman–Crippen MR) is 116 cm³/mol. The van der Waals surface area contributed by atoms with Crippen molar-refractivity contribution in [2.75, 3.05) is 45.3 Å². The van der Waals surface area contributed by atoms with Crippen LogP contribution < -0.4 is 5.32 Å². The molecule has 0 bridgehead atoms. The van der Waals surface area contributed by atoms with Crippen molar-refractivity contribution in [1.82, 2.24) is 19.9 Å². The number of carboxylic acids is 2. The molecule has 18 heteroatoms. The Balaban J connectivity index is 0.000000404. The lowest BCUT2D eigenvalue weighted by atomic mass is 10.2. The molecule has 3 N–H and O–H groups in total. The van der Waals surface area contributed by atoms with Crippen molar-refractivity contribution < 1.29 is 55.6 Å². The number of carbonyl (C=O) groups is 2. The summed E-state index contributed by atoms with van der Waals surface area (Å²) in [5.74, 6) is -3.92. The van der Waals surface area contributed by atoms with E-state index in [1.807, 2.05) is 17.6 Å². The van der Waals surface area contributed by atoms with Crippen LogP contribution in [-0.4, -0.2) is 94.4 Å². The van der Waals surface area contributed by atoms with Crippen molar-refractivity contribution >= 4 is 29.1 Å². The minimum absolute atomic E-state index is 0.0526. The number of nitrogens with zero attached hydrogens (tertiary/aromatic N) is 4. The maximum Gasteiger partial charge on any atom is 0.490 e. The Labute approximate surface area is 210 Å². The molecule has 2 aromatic rings. The number of carboxylic acid groups (broad SMARTS) is 2. The quantitative estimate of drug-likeness (QED) is 0.338. The number of hydrogen-bond donors (Lipinski definition) is 3. The lowest BCUT2D eigenvalue weighted by molar-refractivity contribution is -0.193. The lowest BCUT2D eigenvalue weighted by Gasteiger charge is -2.33. The number of hydrogen-bond acceptors (Lipinski definition) is 10. The van der Waals surface area contributed by atoms with E-state index in [2.05, 4.69) is 25.2 Å². The average Bonchev–Trinajstić information content (AvgIpc) is 3.32. The third-order valence-electron chi connectivity index (χ3n) is 4.13. The molecule has 11 nitrogen and oxygen atoms in total. The first-order valence-corrected chi connectivity index (χ1v) is 11.0. The van der Waals surface area contributed by atoms with Gasteiger partial charge in [-0.05, 0) is 6.07 Å². The number of methoxy groups -OCH3 is 1. The zero-order chi connectivity index (χ0) is 28.1. The van der Waals surface area contributed by atoms with Gasteiger partial charge < -0.3 is 25.0 Å². The summed E-state index contributed by atoms with van der Waals surface area (Å²) in [6.07, 6.45) is -6.54. The Kier molecular flexibility index (Phi) is 13.1. The molecule has 1 unspecified atom stereocenters. The van der Waals surface area contributed by atoms with Crippen LogP contribution in [0.4, 0.5) is 32.2 Å². The molecule has 0 saturated carbocycles. The number of alkyl halides is 6. The van der Waals surface area contributed by atoms with Gasteiger partial charge in [-0.25, -0.2) is 24.5 Å². The van der Waals surface area contributed by atoms with Gasteiger partial charge in [-0.15, -0.1) is 11.3 Å². The maximum atomic E-state index is 10.6. The van der Waals surface area contributed by atoms with Crippen molar-refractivity contribution in [1.29, 1.82) is 0 Å². The molecule has 0 radical (unpaired) electrons. The van der Waals surface area contributed by atoms with E-state index in [4.69, 9.17) is 29.3 Å². The third-order valence-corrected chi connectivity index (χ3v) is 4.90. The molecule has 208 valence electrons. The highest BCUT2D eigenvalue weighted by atomic mass is 32.1. The topological polar surface area (TPSA) is 147 Å². The van der Waals surface area contributed by atoms with E-state index < -0.39 is 24.3 Å². The molecule has 1 aliphatic heterocycles. The molecule has 1 aliphatic rings. The summed E-state index contributed by atoms with van der Waals surface area (Å²) in [6, 6.07) is 1.92. The van der Waals surface area contributed by atoms with E-state index in [0.717, 1.165) is 42.9 Å². The number of morpholine rings is 1. The second-order valence-corrected chi connectivity index (χ2v) is 7.79. The molecular weight excluding hydrogens is 540 g/mol. The predicted octanol–water partition coefficient (Wildman–Crippen LogP) is 2.83. The number of thiazole rings is 1. The fourth-order valence-corrected chi connectivity index (χ4v) is 3.12. The Bertz CT molecular complexity index is 940. The summed E-state index contributed by atoms with van der Waals surface area (Å²) in [6.45, 7) is 4.35. The van der Waals surface area contributed by atoms with E-state index in [9.17, 15) is 26.3 Å². The summed E-state index contributed by atoms with van der Waals surface area (Å²) in [5, 5.41) is 20.6. The normalized spacial score (nSPS) is 16.0. The molecule has 3 rings (SSSR count). The van der Waals surface area contributed by atoms with Crippen LogP contribution in [0.15, 0.2) is 23.8 Å². The zero-order valence-corrected chi connectivity index (χ0v) is 19.9. The van der Waals surface area contributed by atoms with Crippen LogP contribution in [-0.2, 0) is 25.6 Å². The van der Waals surface area contributed by atoms with Crippen molar-refractivity contribution in [3.05, 3.63) is 34.7 Å². The number of halogens is 6. The van der Waals surface area contributed by atoms with Gasteiger partial charge in [0.15, 0.2) is 0 Å². The van der Waals surface area contributed by atoms with Gasteiger partial charge in [-0.2, -0.15) is 26.3 Å². The van der Waals surface area contributed by atoms with Gasteiger partial charge in [-0.1, -0.05) is 0 Å². The number of anilines is 1. The second-order valence-electron chi connectivity index (χ2n) is 6.81. The number of rotatable bonds is 7. The smallest absolute Gasteiger partial charge is 0.475 e. The highest BCUT2D eigenvalue weighted by molar-refractivity contribution is 7.09. The van der Waals surface area contributed by atoms with Crippen LogP contribution in [0.5, 0.6) is 0 Å². The number of aromatic nitrogens is 3. The minimum Gasteiger partial charge on any atom is -0.475 e. The van der Waals surface area contributed by atoms with Crippen LogP contribution in [0.3, 0.4) is 0 Å². The third kappa shape index (κ3) is 12.6. The monoisotopic (exact) mass is 563 g/mol. The van der Waals surface area contributed by atoms with Crippen molar-refractivity contribution in [3.63, 3.8) is 0 Å². The highest BCUT2D eigenvalue weighted by Gasteiger charge is 2.38. The molecule has 2 aromatic heterocycles. The van der Waals surface area contributed by atoms with Gasteiger partial charge in [0.25, 0.3) is 0 Å². The first-order chi connectivity index (χ1) is 17.3. The summed E-state index contributed by atoms with van der Waals surface area (Å²) < 4.78 is 74.2. The Morgan fingerprint density at radius 2 is 1.78 bits per heavy atom. The molecule has 0 aliphatic carbocycles. The Morgan fingerprint density at radius 1 is 1.16 bits per heavy atom. The molecule has 0 spiro atoms. The van der Waals surface area contributed by atoms with Crippen LogP contribution in [0.2, 0.25) is 0 Å².